The Morgan fingerprint density at radius 3 is 2.77 bits per heavy atom. The molecule has 0 radical (unpaired) electrons. The van der Waals surface area contributed by atoms with E-state index in [0.717, 1.165) is 11.1 Å². The summed E-state index contributed by atoms with van der Waals surface area (Å²) in [5.74, 6) is 0.117. The molecule has 0 aliphatic heterocycles. The minimum Gasteiger partial charge on any atom is -0.504 e. The number of nitrogens with two attached hydrogens (primary N) is 1. The number of nitrogen functional groups attached to an aromatic ring is 1. The van der Waals surface area contributed by atoms with Gasteiger partial charge in [-0.3, -0.25) is 5.10 Å². The third kappa shape index (κ3) is 1.31. The van der Waals surface area contributed by atoms with Crippen molar-refractivity contribution in [3.05, 3.63) is 24.7 Å². The predicted octanol–water partition coefficient (Wildman–Crippen LogP) is 0.759. The highest BCUT2D eigenvalue weighted by Crippen LogP contribution is 2.24. The van der Waals surface area contributed by atoms with Crippen molar-refractivity contribution in [3.63, 3.8) is 0 Å². The van der Waals surface area contributed by atoms with Crippen LogP contribution in [-0.4, -0.2) is 20.3 Å². The summed E-state index contributed by atoms with van der Waals surface area (Å²) in [6.45, 7) is 0. The van der Waals surface area contributed by atoms with E-state index < -0.39 is 0 Å². The summed E-state index contributed by atoms with van der Waals surface area (Å²) in [6.07, 6.45) is 4.94. The number of rotatable bonds is 1. The van der Waals surface area contributed by atoms with Crippen molar-refractivity contribution in [2.24, 2.45) is 0 Å². The molecule has 0 fully saturated rings. The van der Waals surface area contributed by atoms with E-state index in [2.05, 4.69) is 15.2 Å². The Labute approximate surface area is 74.2 Å². The van der Waals surface area contributed by atoms with Crippen molar-refractivity contribution in [2.75, 3.05) is 5.73 Å². The van der Waals surface area contributed by atoms with E-state index in [4.69, 9.17) is 5.73 Å². The average Bonchev–Trinajstić information content (AvgIpc) is 2.62. The van der Waals surface area contributed by atoms with Crippen LogP contribution >= 0.6 is 0 Å². The fourth-order valence-electron chi connectivity index (χ4n) is 1.03. The molecule has 66 valence electrons. The van der Waals surface area contributed by atoms with Crippen molar-refractivity contribution < 1.29 is 5.11 Å². The molecule has 0 saturated heterocycles. The smallest absolute Gasteiger partial charge is 0.165 e. The molecule has 0 bridgehead atoms. The molecular weight excluding hydrogens is 168 g/mol. The Morgan fingerprint density at radius 1 is 1.31 bits per heavy atom. The molecule has 0 aliphatic carbocycles. The number of aromatic hydroxyl groups is 1. The van der Waals surface area contributed by atoms with Crippen LogP contribution in [0.3, 0.4) is 0 Å². The van der Waals surface area contributed by atoms with Crippen molar-refractivity contribution in [3.8, 4) is 16.9 Å². The van der Waals surface area contributed by atoms with Gasteiger partial charge in [0.1, 0.15) is 0 Å². The molecule has 13 heavy (non-hydrogen) atoms. The molecule has 0 aromatic carbocycles. The number of aromatic nitrogens is 3. The zero-order chi connectivity index (χ0) is 9.26. The van der Waals surface area contributed by atoms with Crippen LogP contribution in [0, 0.1) is 0 Å². The number of aromatic amines is 1. The maximum atomic E-state index is 9.28. The molecule has 0 spiro atoms. The third-order valence-corrected chi connectivity index (χ3v) is 1.73. The first-order chi connectivity index (χ1) is 6.27. The summed E-state index contributed by atoms with van der Waals surface area (Å²) in [4.78, 5) is 3.82. The summed E-state index contributed by atoms with van der Waals surface area (Å²) >= 11 is 0. The lowest BCUT2D eigenvalue weighted by atomic mass is 10.1. The number of nitrogens with one attached hydrogen (secondary N) is 1. The highest BCUT2D eigenvalue weighted by Gasteiger charge is 2.03. The molecule has 0 saturated carbocycles. The molecule has 2 heterocycles. The van der Waals surface area contributed by atoms with E-state index in [9.17, 15) is 5.11 Å². The van der Waals surface area contributed by atoms with Gasteiger partial charge in [0, 0.05) is 23.5 Å². The molecular formula is C8H8N4O. The normalized spacial score (nSPS) is 10.2. The number of H-pyrrole nitrogens is 1. The molecule has 5 heteroatoms. The Bertz CT molecular complexity index is 410. The second-order valence-corrected chi connectivity index (χ2v) is 2.62. The largest absolute Gasteiger partial charge is 0.504 e. The van der Waals surface area contributed by atoms with Crippen LogP contribution in [0.2, 0.25) is 0 Å². The lowest BCUT2D eigenvalue weighted by Gasteiger charge is -1.99. The number of hydrogen-bond acceptors (Lipinski definition) is 4. The zero-order valence-corrected chi connectivity index (χ0v) is 6.73. The van der Waals surface area contributed by atoms with Gasteiger partial charge in [-0.05, 0) is 6.07 Å². The van der Waals surface area contributed by atoms with E-state index in [0.29, 0.717) is 0 Å². The van der Waals surface area contributed by atoms with Crippen LogP contribution in [0.25, 0.3) is 11.1 Å². The van der Waals surface area contributed by atoms with E-state index in [1.54, 1.807) is 24.7 Å². The van der Waals surface area contributed by atoms with Gasteiger partial charge in [0.15, 0.2) is 11.6 Å². The Balaban J connectivity index is 2.49. The maximum absolute atomic E-state index is 9.28. The Kier molecular flexibility index (Phi) is 1.63. The number of nitrogens with zero attached hydrogens (tertiary/aromatic N) is 2. The Morgan fingerprint density at radius 2 is 2.15 bits per heavy atom. The van der Waals surface area contributed by atoms with Crippen molar-refractivity contribution in [1.82, 2.24) is 15.2 Å². The van der Waals surface area contributed by atoms with E-state index in [1.165, 1.54) is 0 Å². The number of anilines is 1. The number of hydrogen-bond donors (Lipinski definition) is 3. The molecule has 0 aliphatic rings. The van der Waals surface area contributed by atoms with Crippen LogP contribution in [0.5, 0.6) is 5.75 Å². The predicted molar refractivity (Wildman–Crippen MR) is 47.9 cm³/mol. The summed E-state index contributed by atoms with van der Waals surface area (Å²) < 4.78 is 0. The van der Waals surface area contributed by atoms with Crippen LogP contribution in [0.4, 0.5) is 5.82 Å². The molecule has 0 atom stereocenters. The highest BCUT2D eigenvalue weighted by atomic mass is 16.3. The first-order valence-corrected chi connectivity index (χ1v) is 3.71. The second kappa shape index (κ2) is 2.78. The van der Waals surface area contributed by atoms with Crippen molar-refractivity contribution in [2.45, 2.75) is 0 Å². The average molecular weight is 176 g/mol. The summed E-state index contributed by atoms with van der Waals surface area (Å²) in [7, 11) is 0. The van der Waals surface area contributed by atoms with Gasteiger partial charge >= 0.3 is 0 Å². The lowest BCUT2D eigenvalue weighted by Crippen LogP contribution is -1.90. The van der Waals surface area contributed by atoms with Gasteiger partial charge in [0.05, 0.1) is 6.20 Å². The first kappa shape index (κ1) is 7.60. The van der Waals surface area contributed by atoms with Crippen molar-refractivity contribution >= 4 is 5.82 Å². The highest BCUT2D eigenvalue weighted by molar-refractivity contribution is 5.65. The molecule has 2 aromatic rings. The molecule has 4 N–H and O–H groups in total. The summed E-state index contributed by atoms with van der Waals surface area (Å²) in [5.41, 5.74) is 7.00. The van der Waals surface area contributed by atoms with Gasteiger partial charge < -0.3 is 10.8 Å². The zero-order valence-electron chi connectivity index (χ0n) is 6.73. The van der Waals surface area contributed by atoms with Crippen LogP contribution < -0.4 is 5.73 Å². The van der Waals surface area contributed by atoms with E-state index in [1.807, 2.05) is 0 Å². The van der Waals surface area contributed by atoms with Gasteiger partial charge in [-0.2, -0.15) is 5.10 Å². The van der Waals surface area contributed by atoms with Gasteiger partial charge in [-0.1, -0.05) is 0 Å². The number of pyridine rings is 1. The fourth-order valence-corrected chi connectivity index (χ4v) is 1.03. The van der Waals surface area contributed by atoms with Gasteiger partial charge in [0.2, 0.25) is 0 Å². The van der Waals surface area contributed by atoms with Gasteiger partial charge in [0.25, 0.3) is 0 Å². The topological polar surface area (TPSA) is 87.8 Å². The maximum Gasteiger partial charge on any atom is 0.165 e. The van der Waals surface area contributed by atoms with Crippen LogP contribution in [0.1, 0.15) is 0 Å². The van der Waals surface area contributed by atoms with E-state index in [-0.39, 0.29) is 11.6 Å². The third-order valence-electron chi connectivity index (χ3n) is 1.73. The molecule has 2 aromatic heterocycles. The van der Waals surface area contributed by atoms with Gasteiger partial charge in [-0.25, -0.2) is 4.98 Å². The van der Waals surface area contributed by atoms with Crippen LogP contribution in [-0.2, 0) is 0 Å². The Hall–Kier alpha value is -2.04. The summed E-state index contributed by atoms with van der Waals surface area (Å²) in [5, 5.41) is 15.7. The molecule has 2 rings (SSSR count). The summed E-state index contributed by atoms with van der Waals surface area (Å²) in [6, 6.07) is 1.55. The fraction of sp³-hybridized carbons (Fsp3) is 0. The minimum atomic E-state index is -0.0151. The monoisotopic (exact) mass is 176 g/mol. The lowest BCUT2D eigenvalue weighted by molar-refractivity contribution is 0.476. The second-order valence-electron chi connectivity index (χ2n) is 2.62. The van der Waals surface area contributed by atoms with E-state index >= 15 is 0 Å². The standard InChI is InChI=1S/C8H8N4O/c9-8-7(13)1-5(2-10-8)6-3-11-12-4-6/h1-4,13H,(H2,9,10)(H,11,12). The quantitative estimate of drug-likeness (QED) is 0.598. The van der Waals surface area contributed by atoms with Crippen LogP contribution in [0.15, 0.2) is 24.7 Å². The minimum absolute atomic E-state index is 0.0151. The SMILES string of the molecule is Nc1ncc(-c2cn[nH]c2)cc1O. The molecule has 0 amide bonds. The van der Waals surface area contributed by atoms with Crippen molar-refractivity contribution in [1.29, 1.82) is 0 Å². The molecule has 0 unspecified atom stereocenters. The first-order valence-electron chi connectivity index (χ1n) is 3.71. The van der Waals surface area contributed by atoms with Gasteiger partial charge in [-0.15, -0.1) is 0 Å². The molecule has 5 nitrogen and oxygen atoms in total.